The van der Waals surface area contributed by atoms with Gasteiger partial charge in [0.1, 0.15) is 6.04 Å². The molecule has 1 aliphatic rings. The van der Waals surface area contributed by atoms with E-state index in [1.165, 1.54) is 4.90 Å². The van der Waals surface area contributed by atoms with Crippen LogP contribution in [0.2, 0.25) is 0 Å². The molecule has 1 fully saturated rings. The van der Waals surface area contributed by atoms with Gasteiger partial charge in [-0.2, -0.15) is 0 Å². The smallest absolute Gasteiger partial charge is 0.326 e. The number of hydrogen-bond acceptors (Lipinski definition) is 2. The maximum absolute atomic E-state index is 12.3. The van der Waals surface area contributed by atoms with E-state index in [9.17, 15) is 14.7 Å². The topological polar surface area (TPSA) is 60.9 Å². The molecule has 2 unspecified atom stereocenters. The number of allylic oxidation sites excluding steroid dienone is 1. The van der Waals surface area contributed by atoms with Crippen LogP contribution in [0.25, 0.3) is 0 Å². The zero-order chi connectivity index (χ0) is 14.4. The lowest BCUT2D eigenvalue weighted by atomic mass is 9.93. The van der Waals surface area contributed by atoms with Crippen molar-refractivity contribution >= 4 is 12.0 Å². The molecule has 1 N–H and O–H groups in total. The molecule has 0 aromatic heterocycles. The van der Waals surface area contributed by atoms with Gasteiger partial charge in [-0.15, -0.1) is 6.58 Å². The average Bonchev–Trinajstić information content (AvgIpc) is 2.38. The summed E-state index contributed by atoms with van der Waals surface area (Å²) >= 11 is 0. The van der Waals surface area contributed by atoms with E-state index in [4.69, 9.17) is 0 Å². The van der Waals surface area contributed by atoms with E-state index in [-0.39, 0.29) is 6.03 Å². The highest BCUT2D eigenvalue weighted by Gasteiger charge is 2.35. The minimum absolute atomic E-state index is 0.177. The summed E-state index contributed by atoms with van der Waals surface area (Å²) in [5.41, 5.74) is 0. The number of nitrogens with zero attached hydrogens (tertiary/aromatic N) is 2. The molecule has 0 spiro atoms. The number of carboxylic acids is 1. The maximum atomic E-state index is 12.3. The van der Waals surface area contributed by atoms with Crippen LogP contribution in [0.5, 0.6) is 0 Å². The number of piperidine rings is 1. The van der Waals surface area contributed by atoms with Crippen molar-refractivity contribution < 1.29 is 14.7 Å². The molecule has 1 rings (SSSR count). The summed E-state index contributed by atoms with van der Waals surface area (Å²) in [7, 11) is 1.72. The van der Waals surface area contributed by atoms with Crippen LogP contribution < -0.4 is 0 Å². The predicted octanol–water partition coefficient (Wildman–Crippen LogP) is 2.19. The number of carbonyl (C=O) groups is 2. The van der Waals surface area contributed by atoms with Gasteiger partial charge in [0.25, 0.3) is 0 Å². The molecule has 108 valence electrons. The third kappa shape index (κ3) is 4.26. The van der Waals surface area contributed by atoms with Crippen molar-refractivity contribution in [2.45, 2.75) is 38.6 Å². The molecule has 5 heteroatoms. The first kappa shape index (κ1) is 15.5. The van der Waals surface area contributed by atoms with Crippen molar-refractivity contribution in [2.24, 2.45) is 5.92 Å². The highest BCUT2D eigenvalue weighted by Crippen LogP contribution is 2.23. The van der Waals surface area contributed by atoms with Gasteiger partial charge in [0.15, 0.2) is 0 Å². The molecule has 2 amide bonds. The largest absolute Gasteiger partial charge is 0.480 e. The normalized spacial score (nSPS) is 22.9. The van der Waals surface area contributed by atoms with Crippen LogP contribution in [0.4, 0.5) is 4.79 Å². The second-order valence-corrected chi connectivity index (χ2v) is 5.31. The third-order valence-electron chi connectivity index (χ3n) is 3.62. The lowest BCUT2D eigenvalue weighted by Gasteiger charge is -2.38. The third-order valence-corrected chi connectivity index (χ3v) is 3.62. The van der Waals surface area contributed by atoms with Crippen molar-refractivity contribution in [3.8, 4) is 0 Å². The summed E-state index contributed by atoms with van der Waals surface area (Å²) in [5.74, 6) is -0.546. The number of rotatable bonds is 5. The number of likely N-dealkylation sites (tertiary alicyclic amines) is 1. The Bertz CT molecular complexity index is 344. The van der Waals surface area contributed by atoms with E-state index in [1.54, 1.807) is 11.9 Å². The Morgan fingerprint density at radius 3 is 2.79 bits per heavy atom. The molecular weight excluding hydrogens is 244 g/mol. The van der Waals surface area contributed by atoms with Crippen LogP contribution in [0, 0.1) is 5.92 Å². The molecule has 1 heterocycles. The highest BCUT2D eigenvalue weighted by molar-refractivity contribution is 5.82. The molecular formula is C14H24N2O3. The van der Waals surface area contributed by atoms with E-state index in [1.807, 2.05) is 13.0 Å². The molecule has 19 heavy (non-hydrogen) atoms. The fourth-order valence-corrected chi connectivity index (χ4v) is 2.39. The summed E-state index contributed by atoms with van der Waals surface area (Å²) in [5, 5.41) is 9.25. The Hall–Kier alpha value is -1.52. The summed E-state index contributed by atoms with van der Waals surface area (Å²) in [6.07, 6.45) is 4.95. The van der Waals surface area contributed by atoms with Gasteiger partial charge in [-0.1, -0.05) is 13.0 Å². The Morgan fingerprint density at radius 1 is 1.53 bits per heavy atom. The Labute approximate surface area is 114 Å². The first-order chi connectivity index (χ1) is 8.97. The van der Waals surface area contributed by atoms with Gasteiger partial charge in [0, 0.05) is 20.1 Å². The quantitative estimate of drug-likeness (QED) is 0.614. The Kier molecular flexibility index (Phi) is 5.86. The number of urea groups is 1. The van der Waals surface area contributed by atoms with E-state index in [2.05, 4.69) is 6.58 Å². The van der Waals surface area contributed by atoms with Crippen LogP contribution in [-0.4, -0.2) is 53.1 Å². The molecule has 0 bridgehead atoms. The zero-order valence-electron chi connectivity index (χ0n) is 11.8. The van der Waals surface area contributed by atoms with Crippen LogP contribution in [0.3, 0.4) is 0 Å². The molecule has 0 aliphatic carbocycles. The fraction of sp³-hybridized carbons (Fsp3) is 0.714. The number of hydrogen-bond donors (Lipinski definition) is 1. The predicted molar refractivity (Wildman–Crippen MR) is 74.0 cm³/mol. The van der Waals surface area contributed by atoms with Crippen molar-refractivity contribution in [1.82, 2.24) is 9.80 Å². The first-order valence-corrected chi connectivity index (χ1v) is 6.82. The minimum atomic E-state index is -0.903. The summed E-state index contributed by atoms with van der Waals surface area (Å²) in [6.45, 7) is 6.84. The fourth-order valence-electron chi connectivity index (χ4n) is 2.39. The van der Waals surface area contributed by atoms with Crippen molar-refractivity contribution in [1.29, 1.82) is 0 Å². The van der Waals surface area contributed by atoms with E-state index >= 15 is 0 Å². The monoisotopic (exact) mass is 268 g/mol. The number of carboxylic acid groups (broad SMARTS) is 1. The van der Waals surface area contributed by atoms with Crippen molar-refractivity contribution in [2.75, 3.05) is 20.1 Å². The summed E-state index contributed by atoms with van der Waals surface area (Å²) in [6, 6.07) is -0.860. The first-order valence-electron chi connectivity index (χ1n) is 6.82. The highest BCUT2D eigenvalue weighted by atomic mass is 16.4. The number of aliphatic carboxylic acids is 1. The minimum Gasteiger partial charge on any atom is -0.480 e. The van der Waals surface area contributed by atoms with Gasteiger partial charge in [-0.25, -0.2) is 9.59 Å². The van der Waals surface area contributed by atoms with Crippen molar-refractivity contribution in [3.63, 3.8) is 0 Å². The lowest BCUT2D eigenvalue weighted by Crippen LogP contribution is -2.53. The molecule has 1 saturated heterocycles. The summed E-state index contributed by atoms with van der Waals surface area (Å²) in [4.78, 5) is 26.7. The van der Waals surface area contributed by atoms with Crippen LogP contribution in [-0.2, 0) is 4.79 Å². The maximum Gasteiger partial charge on any atom is 0.326 e. The second kappa shape index (κ2) is 7.16. The molecule has 0 radical (unpaired) electrons. The van der Waals surface area contributed by atoms with E-state index < -0.39 is 12.0 Å². The molecule has 0 aromatic rings. The van der Waals surface area contributed by atoms with Gasteiger partial charge in [0.2, 0.25) is 0 Å². The standard InChI is InChI=1S/C14H24N2O3/c1-4-5-6-8-15(3)14(19)16-9-7-11(2)10-12(16)13(17)18/h4,11-12H,1,5-10H2,2-3H3,(H,17,18). The van der Waals surface area contributed by atoms with E-state index in [0.717, 1.165) is 19.3 Å². The van der Waals surface area contributed by atoms with Gasteiger partial charge in [0.05, 0.1) is 0 Å². The molecule has 0 saturated carbocycles. The number of carbonyl (C=O) groups excluding carboxylic acids is 1. The van der Waals surface area contributed by atoms with Crippen LogP contribution in [0.1, 0.15) is 32.6 Å². The Morgan fingerprint density at radius 2 is 2.21 bits per heavy atom. The van der Waals surface area contributed by atoms with Crippen LogP contribution >= 0.6 is 0 Å². The molecule has 1 aliphatic heterocycles. The zero-order valence-corrected chi connectivity index (χ0v) is 11.8. The van der Waals surface area contributed by atoms with Gasteiger partial charge in [-0.05, 0) is 31.6 Å². The molecule has 5 nitrogen and oxygen atoms in total. The Balaban J connectivity index is 2.62. The SMILES string of the molecule is C=CCCCN(C)C(=O)N1CCC(C)CC1C(=O)O. The molecule has 2 atom stereocenters. The number of amides is 2. The van der Waals surface area contributed by atoms with E-state index in [0.29, 0.717) is 25.4 Å². The summed E-state index contributed by atoms with van der Waals surface area (Å²) < 4.78 is 0. The average molecular weight is 268 g/mol. The van der Waals surface area contributed by atoms with Crippen molar-refractivity contribution in [3.05, 3.63) is 12.7 Å². The van der Waals surface area contributed by atoms with Gasteiger partial charge in [-0.3, -0.25) is 0 Å². The lowest BCUT2D eigenvalue weighted by molar-refractivity contribution is -0.144. The van der Waals surface area contributed by atoms with Crippen LogP contribution in [0.15, 0.2) is 12.7 Å². The second-order valence-electron chi connectivity index (χ2n) is 5.31. The number of unbranched alkanes of at least 4 members (excludes halogenated alkanes) is 1. The molecule has 0 aromatic carbocycles. The van der Waals surface area contributed by atoms with Gasteiger partial charge >= 0.3 is 12.0 Å². The van der Waals surface area contributed by atoms with Gasteiger partial charge < -0.3 is 14.9 Å².